The number of carbonyl (C=O) groups excluding carboxylic acids is 1. The highest BCUT2D eigenvalue weighted by Crippen LogP contribution is 2.40. The molecule has 9 heteroatoms. The summed E-state index contributed by atoms with van der Waals surface area (Å²) in [5.41, 5.74) is 6.59. The summed E-state index contributed by atoms with van der Waals surface area (Å²) in [6.07, 6.45) is 2.64. The molecule has 3 aliphatic rings. The minimum atomic E-state index is -0.918. The molecule has 1 fully saturated rings. The highest BCUT2D eigenvalue weighted by Gasteiger charge is 2.37. The molecule has 0 amide bonds. The third-order valence-corrected chi connectivity index (χ3v) is 9.21. The average Bonchev–Trinajstić information content (AvgIpc) is 3.46. The van der Waals surface area contributed by atoms with Crippen molar-refractivity contribution in [3.63, 3.8) is 0 Å². The molecule has 0 unspecified atom stereocenters. The Morgan fingerprint density at radius 2 is 1.79 bits per heavy atom. The Bertz CT molecular complexity index is 1780. The van der Waals surface area contributed by atoms with E-state index in [2.05, 4.69) is 71.8 Å². The smallest absolute Gasteiger partial charge is 0.339 e. The van der Waals surface area contributed by atoms with Crippen molar-refractivity contribution < 1.29 is 28.5 Å². The maximum Gasteiger partial charge on any atom is 0.339 e. The number of hydrogen-bond donors (Lipinski definition) is 0. The van der Waals surface area contributed by atoms with Gasteiger partial charge in [-0.25, -0.2) is 9.78 Å². The molecule has 7 rings (SSSR count). The fraction of sp³-hybridized carbons (Fsp3) is 0.487. The first-order valence-electron chi connectivity index (χ1n) is 17.0. The Hall–Kier alpha value is -3.92. The van der Waals surface area contributed by atoms with Gasteiger partial charge in [0.25, 0.3) is 0 Å². The Labute approximate surface area is 284 Å². The third-order valence-electron chi connectivity index (χ3n) is 9.21. The van der Waals surface area contributed by atoms with Crippen LogP contribution in [0.15, 0.2) is 54.7 Å². The molecule has 3 aliphatic heterocycles. The van der Waals surface area contributed by atoms with Gasteiger partial charge in [0.1, 0.15) is 23.3 Å². The van der Waals surface area contributed by atoms with Crippen molar-refractivity contribution in [2.45, 2.75) is 84.7 Å². The summed E-state index contributed by atoms with van der Waals surface area (Å²) in [5.74, 6) is 1.28. The zero-order valence-corrected chi connectivity index (χ0v) is 29.6. The second-order valence-corrected chi connectivity index (χ2v) is 14.4. The van der Waals surface area contributed by atoms with Crippen LogP contribution in [0.2, 0.25) is 0 Å². The van der Waals surface area contributed by atoms with Crippen LogP contribution in [-0.2, 0) is 23.7 Å². The largest absolute Gasteiger partial charge is 0.488 e. The molecular formula is C39H49N3O6. The standard InChI is InChI=1S/C39H49N3O6/c1-25-12-13-30-28-10-9-11-29(22-28)31-23-42-33(40-31)21-26(2)34(35(37(43)44-8)48-38(4,5)6)36(42)41-16-14-39(7,15-17-41)46-19-18-45-24-27(3)47-32(30)20-25/h9-13,20-23,27,35H,14-19,24H2,1-8H3/t27-,35-/m0/s1. The molecule has 0 N–H and O–H groups in total. The first kappa shape index (κ1) is 34.0. The number of rotatable bonds is 3. The van der Waals surface area contributed by atoms with E-state index in [1.165, 1.54) is 7.11 Å². The molecule has 2 aromatic heterocycles. The van der Waals surface area contributed by atoms with Crippen molar-refractivity contribution in [3.05, 3.63) is 71.4 Å². The second-order valence-electron chi connectivity index (χ2n) is 14.4. The topological polar surface area (TPSA) is 83.8 Å². The number of fused-ring (bicyclic) bond motifs is 8. The van der Waals surface area contributed by atoms with Crippen LogP contribution in [0.3, 0.4) is 0 Å². The van der Waals surface area contributed by atoms with Crippen LogP contribution >= 0.6 is 0 Å². The Morgan fingerprint density at radius 3 is 2.52 bits per heavy atom. The molecule has 0 radical (unpaired) electrons. The number of benzene rings is 2. The minimum absolute atomic E-state index is 0.136. The summed E-state index contributed by atoms with van der Waals surface area (Å²) in [6.45, 7) is 17.1. The highest BCUT2D eigenvalue weighted by atomic mass is 16.6. The van der Waals surface area contributed by atoms with Gasteiger partial charge in [-0.15, -0.1) is 0 Å². The molecule has 2 aromatic carbocycles. The van der Waals surface area contributed by atoms with Crippen LogP contribution in [0, 0.1) is 13.8 Å². The van der Waals surface area contributed by atoms with E-state index < -0.39 is 17.7 Å². The maximum atomic E-state index is 13.4. The molecular weight excluding hydrogens is 606 g/mol. The molecule has 256 valence electrons. The molecule has 4 aromatic rings. The number of anilines is 1. The Morgan fingerprint density at radius 1 is 1.04 bits per heavy atom. The van der Waals surface area contributed by atoms with Gasteiger partial charge in [0.05, 0.1) is 43.8 Å². The van der Waals surface area contributed by atoms with Gasteiger partial charge in [0.2, 0.25) is 0 Å². The molecule has 5 heterocycles. The second kappa shape index (κ2) is 13.5. The number of aryl methyl sites for hydroxylation is 2. The third kappa shape index (κ3) is 7.23. The molecule has 48 heavy (non-hydrogen) atoms. The van der Waals surface area contributed by atoms with Crippen LogP contribution in [0.4, 0.5) is 5.82 Å². The average molecular weight is 656 g/mol. The first-order chi connectivity index (χ1) is 22.8. The predicted molar refractivity (Wildman–Crippen MR) is 188 cm³/mol. The molecule has 6 bridgehead atoms. The van der Waals surface area contributed by atoms with Crippen LogP contribution in [0.25, 0.3) is 28.0 Å². The number of imidazole rings is 1. The molecule has 9 nitrogen and oxygen atoms in total. The number of pyridine rings is 1. The summed E-state index contributed by atoms with van der Waals surface area (Å²) >= 11 is 0. The van der Waals surface area contributed by atoms with Crippen LogP contribution in [0.1, 0.15) is 70.3 Å². The SMILES string of the molecule is COC(=O)[C@@H](OC(C)(C)C)c1c(C)cc2nc3cn2c1N1CCC(C)(CC1)OCCOC[C@H](C)Oc1cc(C)ccc1-c1cccc-3c1. The minimum Gasteiger partial charge on any atom is -0.488 e. The lowest BCUT2D eigenvalue weighted by Gasteiger charge is -2.41. The van der Waals surface area contributed by atoms with Gasteiger partial charge < -0.3 is 28.6 Å². The van der Waals surface area contributed by atoms with E-state index in [0.29, 0.717) is 19.8 Å². The number of hydrogen-bond acceptors (Lipinski definition) is 8. The van der Waals surface area contributed by atoms with Crippen molar-refractivity contribution in [1.29, 1.82) is 0 Å². The quantitative estimate of drug-likeness (QED) is 0.166. The van der Waals surface area contributed by atoms with Crippen molar-refractivity contribution in [2.75, 3.05) is 44.9 Å². The van der Waals surface area contributed by atoms with E-state index in [1.54, 1.807) is 0 Å². The Kier molecular flexibility index (Phi) is 9.57. The van der Waals surface area contributed by atoms with Gasteiger partial charge in [-0.05, 0) is 96.2 Å². The van der Waals surface area contributed by atoms with Gasteiger partial charge in [-0.2, -0.15) is 0 Å². The highest BCUT2D eigenvalue weighted by molar-refractivity contribution is 5.81. The zero-order valence-electron chi connectivity index (χ0n) is 29.6. The fourth-order valence-corrected chi connectivity index (χ4v) is 6.71. The number of esters is 1. The van der Waals surface area contributed by atoms with Gasteiger partial charge in [0.15, 0.2) is 6.10 Å². The van der Waals surface area contributed by atoms with Crippen molar-refractivity contribution >= 4 is 17.4 Å². The van der Waals surface area contributed by atoms with Crippen molar-refractivity contribution in [2.24, 2.45) is 0 Å². The number of nitrogens with zero attached hydrogens (tertiary/aromatic N) is 3. The lowest BCUT2D eigenvalue weighted by molar-refractivity contribution is -0.164. The molecule has 2 atom stereocenters. The monoisotopic (exact) mass is 655 g/mol. The van der Waals surface area contributed by atoms with Crippen LogP contribution in [0.5, 0.6) is 5.75 Å². The zero-order chi connectivity index (χ0) is 34.2. The number of piperidine rings is 1. The molecule has 0 saturated carbocycles. The lowest BCUT2D eigenvalue weighted by Crippen LogP contribution is -2.46. The summed E-state index contributed by atoms with van der Waals surface area (Å²) in [4.78, 5) is 20.9. The number of ether oxygens (including phenoxy) is 5. The van der Waals surface area contributed by atoms with E-state index in [0.717, 1.165) is 82.2 Å². The van der Waals surface area contributed by atoms with Gasteiger partial charge in [-0.3, -0.25) is 4.40 Å². The summed E-state index contributed by atoms with van der Waals surface area (Å²) < 4.78 is 32.8. The molecule has 0 aliphatic carbocycles. The normalized spacial score (nSPS) is 21.1. The fourth-order valence-electron chi connectivity index (χ4n) is 6.71. The molecule has 0 spiro atoms. The van der Waals surface area contributed by atoms with Gasteiger partial charge in [-0.1, -0.05) is 30.3 Å². The number of methoxy groups -OCH3 is 1. The lowest BCUT2D eigenvalue weighted by atomic mass is 9.92. The van der Waals surface area contributed by atoms with Crippen molar-refractivity contribution in [1.82, 2.24) is 9.38 Å². The summed E-state index contributed by atoms with van der Waals surface area (Å²) in [5, 5.41) is 0. The number of aromatic nitrogens is 2. The maximum absolute atomic E-state index is 13.4. The van der Waals surface area contributed by atoms with E-state index in [-0.39, 0.29) is 11.7 Å². The first-order valence-corrected chi connectivity index (χ1v) is 17.0. The van der Waals surface area contributed by atoms with E-state index in [1.807, 2.05) is 40.7 Å². The molecule has 1 saturated heterocycles. The van der Waals surface area contributed by atoms with E-state index in [9.17, 15) is 4.79 Å². The van der Waals surface area contributed by atoms with Crippen LogP contribution < -0.4 is 9.64 Å². The number of carbonyl (C=O) groups is 1. The van der Waals surface area contributed by atoms with Gasteiger partial charge >= 0.3 is 5.97 Å². The predicted octanol–water partition coefficient (Wildman–Crippen LogP) is 7.49. The van der Waals surface area contributed by atoms with Crippen LogP contribution in [-0.4, -0.2) is 72.7 Å². The van der Waals surface area contributed by atoms with Gasteiger partial charge in [0, 0.05) is 36.0 Å². The van der Waals surface area contributed by atoms with Crippen molar-refractivity contribution in [3.8, 4) is 28.1 Å². The summed E-state index contributed by atoms with van der Waals surface area (Å²) in [6, 6.07) is 16.7. The van der Waals surface area contributed by atoms with E-state index in [4.69, 9.17) is 28.7 Å². The summed E-state index contributed by atoms with van der Waals surface area (Å²) in [7, 11) is 1.41. The van der Waals surface area contributed by atoms with E-state index >= 15 is 0 Å². The Balaban J connectivity index is 1.54.